The Labute approximate surface area is 163 Å². The molecule has 0 spiro atoms. The quantitative estimate of drug-likeness (QED) is 0.725. The van der Waals surface area contributed by atoms with Crippen LogP contribution in [-0.4, -0.2) is 51.9 Å². The minimum Gasteiger partial charge on any atom is -0.363 e. The lowest BCUT2D eigenvalue weighted by Crippen LogP contribution is -2.70. The van der Waals surface area contributed by atoms with E-state index in [0.29, 0.717) is 12.0 Å². The molecule has 1 aromatic heterocycles. The summed E-state index contributed by atoms with van der Waals surface area (Å²) < 4.78 is 0. The Morgan fingerprint density at radius 1 is 1.04 bits per heavy atom. The summed E-state index contributed by atoms with van der Waals surface area (Å²) in [6, 6.07) is 15.0. The van der Waals surface area contributed by atoms with Gasteiger partial charge in [0, 0.05) is 29.8 Å². The van der Waals surface area contributed by atoms with Crippen LogP contribution >= 0.6 is 0 Å². The maximum atomic E-state index is 13.2. The summed E-state index contributed by atoms with van der Waals surface area (Å²) in [6.07, 6.45) is 2.39. The highest BCUT2D eigenvalue weighted by atomic mass is 16.2. The van der Waals surface area contributed by atoms with E-state index in [1.54, 1.807) is 16.7 Å². The molecule has 28 heavy (non-hydrogen) atoms. The number of aromatic nitrogens is 1. The minimum atomic E-state index is -0.498. The zero-order valence-corrected chi connectivity index (χ0v) is 15.8. The van der Waals surface area contributed by atoms with Crippen LogP contribution in [0, 0.1) is 0 Å². The average Bonchev–Trinajstić information content (AvgIpc) is 3.12. The number of benzene rings is 2. The standard InChI is InChI=1S/C22H22N4O2/c1-13-21(27)25(2)19(11-14-12-23-17-9-5-3-7-15(14)17)20-24-18-10-6-4-8-16(18)22(28)26(13)20/h3-10,12-13,19-20,23-24H,11H2,1-2H3/t13-,19-,20-/m0/s1. The number of carbonyl (C=O) groups excluding carboxylic acids is 2. The van der Waals surface area contributed by atoms with E-state index in [0.717, 1.165) is 22.2 Å². The number of piperazine rings is 1. The molecule has 2 aromatic carbocycles. The van der Waals surface area contributed by atoms with Crippen molar-refractivity contribution >= 4 is 28.4 Å². The fraction of sp³-hybridized carbons (Fsp3) is 0.273. The molecule has 6 nitrogen and oxygen atoms in total. The number of aromatic amines is 1. The summed E-state index contributed by atoms with van der Waals surface area (Å²) in [4.78, 5) is 32.9. The van der Waals surface area contributed by atoms with Gasteiger partial charge in [0.25, 0.3) is 5.91 Å². The van der Waals surface area contributed by atoms with Crippen molar-refractivity contribution in [3.05, 3.63) is 65.9 Å². The first-order valence-electron chi connectivity index (χ1n) is 9.56. The molecule has 0 saturated carbocycles. The topological polar surface area (TPSA) is 68.4 Å². The van der Waals surface area contributed by atoms with Crippen molar-refractivity contribution in [2.75, 3.05) is 12.4 Å². The molecule has 0 radical (unpaired) electrons. The number of para-hydroxylation sites is 2. The smallest absolute Gasteiger partial charge is 0.258 e. The van der Waals surface area contributed by atoms with E-state index in [1.807, 2.05) is 55.7 Å². The average molecular weight is 374 g/mol. The summed E-state index contributed by atoms with van der Waals surface area (Å²) in [6.45, 7) is 1.81. The number of likely N-dealkylation sites (N-methyl/N-ethyl adjacent to an activating group) is 1. The molecule has 0 unspecified atom stereocenters. The van der Waals surface area contributed by atoms with Crippen molar-refractivity contribution in [3.8, 4) is 0 Å². The van der Waals surface area contributed by atoms with Crippen molar-refractivity contribution in [3.63, 3.8) is 0 Å². The molecule has 2 N–H and O–H groups in total. The van der Waals surface area contributed by atoms with Gasteiger partial charge in [-0.05, 0) is 37.1 Å². The molecule has 3 heterocycles. The monoisotopic (exact) mass is 374 g/mol. The highest BCUT2D eigenvalue weighted by Gasteiger charge is 2.48. The Hall–Kier alpha value is -3.28. The highest BCUT2D eigenvalue weighted by molar-refractivity contribution is 6.04. The minimum absolute atomic E-state index is 0.0318. The van der Waals surface area contributed by atoms with Gasteiger partial charge in [-0.25, -0.2) is 0 Å². The van der Waals surface area contributed by atoms with E-state index in [2.05, 4.69) is 16.4 Å². The van der Waals surface area contributed by atoms with Gasteiger partial charge in [-0.15, -0.1) is 0 Å². The number of H-pyrrole nitrogens is 1. The Bertz CT molecular complexity index is 1090. The molecule has 1 fully saturated rings. The van der Waals surface area contributed by atoms with Crippen molar-refractivity contribution in [2.24, 2.45) is 0 Å². The Morgan fingerprint density at radius 3 is 2.64 bits per heavy atom. The van der Waals surface area contributed by atoms with E-state index >= 15 is 0 Å². The third-order valence-electron chi connectivity index (χ3n) is 6.08. The number of nitrogens with one attached hydrogen (secondary N) is 2. The van der Waals surface area contributed by atoms with Crippen LogP contribution in [0.2, 0.25) is 0 Å². The molecule has 1 saturated heterocycles. The molecule has 142 valence electrons. The van der Waals surface area contributed by atoms with Gasteiger partial charge in [0.15, 0.2) is 0 Å². The normalized spacial score (nSPS) is 24.1. The first-order valence-corrected chi connectivity index (χ1v) is 9.56. The molecule has 3 aromatic rings. The van der Waals surface area contributed by atoms with Crippen LogP contribution in [0.1, 0.15) is 22.8 Å². The second kappa shape index (κ2) is 6.12. The number of hydrogen-bond acceptors (Lipinski definition) is 3. The molecule has 6 heteroatoms. The third-order valence-corrected chi connectivity index (χ3v) is 6.08. The van der Waals surface area contributed by atoms with Crippen LogP contribution < -0.4 is 5.32 Å². The summed E-state index contributed by atoms with van der Waals surface area (Å²) >= 11 is 0. The van der Waals surface area contributed by atoms with Gasteiger partial charge in [0.05, 0.1) is 11.6 Å². The fourth-order valence-corrected chi connectivity index (χ4v) is 4.55. The maximum Gasteiger partial charge on any atom is 0.258 e. The van der Waals surface area contributed by atoms with E-state index in [4.69, 9.17) is 0 Å². The van der Waals surface area contributed by atoms with Crippen LogP contribution in [0.5, 0.6) is 0 Å². The zero-order chi connectivity index (χ0) is 19.4. The number of nitrogens with zero attached hydrogens (tertiary/aromatic N) is 2. The van der Waals surface area contributed by atoms with Crippen LogP contribution in [0.3, 0.4) is 0 Å². The molecule has 3 atom stereocenters. The van der Waals surface area contributed by atoms with Gasteiger partial charge >= 0.3 is 0 Å². The van der Waals surface area contributed by atoms with E-state index in [9.17, 15) is 9.59 Å². The summed E-state index contributed by atoms with van der Waals surface area (Å²) in [7, 11) is 1.84. The molecule has 2 amide bonds. The van der Waals surface area contributed by atoms with Crippen LogP contribution in [0.25, 0.3) is 10.9 Å². The SMILES string of the molecule is C[C@H]1C(=O)N(C)[C@@H](Cc2c[nH]c3ccccc23)[C@H]2Nc3ccccc3C(=O)N21. The van der Waals surface area contributed by atoms with Crippen molar-refractivity contribution in [2.45, 2.75) is 31.6 Å². The number of anilines is 1. The van der Waals surface area contributed by atoms with Gasteiger partial charge in [-0.2, -0.15) is 0 Å². The lowest BCUT2D eigenvalue weighted by Gasteiger charge is -2.51. The second-order valence-electron chi connectivity index (χ2n) is 7.60. The van der Waals surface area contributed by atoms with E-state index in [-0.39, 0.29) is 24.0 Å². The summed E-state index contributed by atoms with van der Waals surface area (Å²) in [5, 5.41) is 4.67. The molecule has 2 aliphatic heterocycles. The van der Waals surface area contributed by atoms with Crippen molar-refractivity contribution in [1.29, 1.82) is 0 Å². The predicted molar refractivity (Wildman–Crippen MR) is 108 cm³/mol. The largest absolute Gasteiger partial charge is 0.363 e. The summed E-state index contributed by atoms with van der Waals surface area (Å²) in [5.41, 5.74) is 3.66. The zero-order valence-electron chi connectivity index (χ0n) is 15.8. The van der Waals surface area contributed by atoms with Crippen LogP contribution in [-0.2, 0) is 11.2 Å². The molecular weight excluding hydrogens is 352 g/mol. The second-order valence-corrected chi connectivity index (χ2v) is 7.60. The van der Waals surface area contributed by atoms with Gasteiger partial charge in [-0.1, -0.05) is 30.3 Å². The van der Waals surface area contributed by atoms with Crippen LogP contribution in [0.15, 0.2) is 54.7 Å². The van der Waals surface area contributed by atoms with E-state index in [1.165, 1.54) is 0 Å². The highest BCUT2D eigenvalue weighted by Crippen LogP contribution is 2.34. The molecule has 0 aliphatic carbocycles. The lowest BCUT2D eigenvalue weighted by molar-refractivity contribution is -0.144. The Morgan fingerprint density at radius 2 is 1.79 bits per heavy atom. The number of hydrogen-bond donors (Lipinski definition) is 2. The Kier molecular flexibility index (Phi) is 3.69. The summed E-state index contributed by atoms with van der Waals surface area (Å²) in [5.74, 6) is -0.118. The molecule has 0 bridgehead atoms. The lowest BCUT2D eigenvalue weighted by atomic mass is 9.93. The van der Waals surface area contributed by atoms with Gasteiger partial charge in [0.2, 0.25) is 5.91 Å². The van der Waals surface area contributed by atoms with E-state index < -0.39 is 6.04 Å². The number of amides is 2. The molecule has 2 aliphatic rings. The van der Waals surface area contributed by atoms with Gasteiger partial charge < -0.3 is 20.1 Å². The molecule has 5 rings (SSSR count). The number of fused-ring (bicyclic) bond motifs is 3. The van der Waals surface area contributed by atoms with Crippen molar-refractivity contribution in [1.82, 2.24) is 14.8 Å². The first kappa shape index (κ1) is 16.9. The van der Waals surface area contributed by atoms with Crippen LogP contribution in [0.4, 0.5) is 5.69 Å². The molecular formula is C22H22N4O2. The Balaban J connectivity index is 1.57. The number of rotatable bonds is 2. The maximum absolute atomic E-state index is 13.2. The first-order chi connectivity index (χ1) is 13.6. The van der Waals surface area contributed by atoms with Gasteiger partial charge in [-0.3, -0.25) is 9.59 Å². The van der Waals surface area contributed by atoms with Gasteiger partial charge in [0.1, 0.15) is 12.2 Å². The fourth-order valence-electron chi connectivity index (χ4n) is 4.55. The third kappa shape index (κ3) is 2.34. The predicted octanol–water partition coefficient (Wildman–Crippen LogP) is 2.83. The van der Waals surface area contributed by atoms with Crippen molar-refractivity contribution < 1.29 is 9.59 Å². The number of carbonyl (C=O) groups is 2.